The zero-order chi connectivity index (χ0) is 15.5. The number of sulfone groups is 1. The molecule has 0 saturated carbocycles. The van der Waals surface area contributed by atoms with Crippen molar-refractivity contribution < 1.29 is 8.42 Å². The lowest BCUT2D eigenvalue weighted by atomic mass is 10.2. The number of hydrogen-bond donors (Lipinski definition) is 1. The summed E-state index contributed by atoms with van der Waals surface area (Å²) >= 11 is 0. The molecule has 2 N–H and O–H groups in total. The largest absolute Gasteiger partial charge is 0.399 e. The molecule has 0 aliphatic carbocycles. The predicted molar refractivity (Wildman–Crippen MR) is 87.1 cm³/mol. The van der Waals surface area contributed by atoms with E-state index in [-0.39, 0.29) is 5.75 Å². The first-order valence-electron chi connectivity index (χ1n) is 6.81. The van der Waals surface area contributed by atoms with Gasteiger partial charge in [0.1, 0.15) is 0 Å². The molecule has 0 aliphatic heterocycles. The predicted octanol–water partition coefficient (Wildman–Crippen LogP) is 2.70. The molecule has 21 heavy (non-hydrogen) atoms. The quantitative estimate of drug-likeness (QED) is 0.863. The van der Waals surface area contributed by atoms with Gasteiger partial charge in [0.05, 0.1) is 16.3 Å². The molecule has 5 heteroatoms. The van der Waals surface area contributed by atoms with E-state index in [0.717, 1.165) is 5.56 Å². The molecule has 0 bridgehead atoms. The van der Waals surface area contributed by atoms with E-state index in [1.165, 1.54) is 0 Å². The van der Waals surface area contributed by atoms with Crippen molar-refractivity contribution in [2.75, 3.05) is 23.4 Å². The van der Waals surface area contributed by atoms with Gasteiger partial charge < -0.3 is 10.6 Å². The lowest BCUT2D eigenvalue weighted by molar-refractivity contribution is 0.597. The maximum atomic E-state index is 12.2. The SMILES string of the molecule is CCS(=O)(=O)c1ccccc1N(C)Cc1cccc(N)c1. The van der Waals surface area contributed by atoms with Crippen molar-refractivity contribution in [3.8, 4) is 0 Å². The summed E-state index contributed by atoms with van der Waals surface area (Å²) in [5, 5.41) is 0. The Kier molecular flexibility index (Phi) is 4.53. The molecule has 0 unspecified atom stereocenters. The Morgan fingerprint density at radius 2 is 1.81 bits per heavy atom. The van der Waals surface area contributed by atoms with E-state index in [1.54, 1.807) is 19.1 Å². The van der Waals surface area contributed by atoms with Gasteiger partial charge in [0, 0.05) is 19.3 Å². The second-order valence-electron chi connectivity index (χ2n) is 4.97. The summed E-state index contributed by atoms with van der Waals surface area (Å²) in [6.45, 7) is 2.26. The maximum Gasteiger partial charge on any atom is 0.180 e. The summed E-state index contributed by atoms with van der Waals surface area (Å²) < 4.78 is 24.4. The van der Waals surface area contributed by atoms with Gasteiger partial charge in [-0.1, -0.05) is 31.2 Å². The highest BCUT2D eigenvalue weighted by molar-refractivity contribution is 7.91. The number of hydrogen-bond acceptors (Lipinski definition) is 4. The minimum Gasteiger partial charge on any atom is -0.399 e. The molecular weight excluding hydrogens is 284 g/mol. The minimum absolute atomic E-state index is 0.0934. The smallest absolute Gasteiger partial charge is 0.180 e. The fraction of sp³-hybridized carbons (Fsp3) is 0.250. The van der Waals surface area contributed by atoms with Crippen LogP contribution in [0.2, 0.25) is 0 Å². The number of benzene rings is 2. The second-order valence-corrected chi connectivity index (χ2v) is 7.22. The Labute approximate surface area is 126 Å². The van der Waals surface area contributed by atoms with Gasteiger partial charge in [-0.05, 0) is 29.8 Å². The molecule has 0 radical (unpaired) electrons. The molecule has 112 valence electrons. The van der Waals surface area contributed by atoms with E-state index >= 15 is 0 Å². The third-order valence-electron chi connectivity index (χ3n) is 3.36. The molecule has 0 spiro atoms. The fourth-order valence-corrected chi connectivity index (χ4v) is 3.38. The maximum absolute atomic E-state index is 12.2. The Morgan fingerprint density at radius 1 is 1.10 bits per heavy atom. The topological polar surface area (TPSA) is 63.4 Å². The number of para-hydroxylation sites is 1. The first-order chi connectivity index (χ1) is 9.94. The zero-order valence-corrected chi connectivity index (χ0v) is 13.1. The highest BCUT2D eigenvalue weighted by Gasteiger charge is 2.18. The van der Waals surface area contributed by atoms with Gasteiger partial charge in [-0.3, -0.25) is 0 Å². The normalized spacial score (nSPS) is 11.3. The second kappa shape index (κ2) is 6.18. The highest BCUT2D eigenvalue weighted by atomic mass is 32.2. The van der Waals surface area contributed by atoms with Gasteiger partial charge in [-0.25, -0.2) is 8.42 Å². The third-order valence-corrected chi connectivity index (χ3v) is 5.14. The molecule has 0 aliphatic rings. The van der Waals surface area contributed by atoms with Crippen molar-refractivity contribution in [3.63, 3.8) is 0 Å². The van der Waals surface area contributed by atoms with Crippen molar-refractivity contribution in [2.24, 2.45) is 0 Å². The van der Waals surface area contributed by atoms with E-state index in [1.807, 2.05) is 48.3 Å². The van der Waals surface area contributed by atoms with Crippen LogP contribution in [0, 0.1) is 0 Å². The van der Waals surface area contributed by atoms with Gasteiger partial charge in [0.15, 0.2) is 9.84 Å². The van der Waals surface area contributed by atoms with Crippen molar-refractivity contribution in [1.82, 2.24) is 0 Å². The molecule has 4 nitrogen and oxygen atoms in total. The van der Waals surface area contributed by atoms with E-state index in [9.17, 15) is 8.42 Å². The van der Waals surface area contributed by atoms with Crippen molar-refractivity contribution in [1.29, 1.82) is 0 Å². The van der Waals surface area contributed by atoms with Crippen molar-refractivity contribution in [2.45, 2.75) is 18.4 Å². The highest BCUT2D eigenvalue weighted by Crippen LogP contribution is 2.26. The van der Waals surface area contributed by atoms with Gasteiger partial charge in [0.25, 0.3) is 0 Å². The minimum atomic E-state index is -3.24. The molecule has 2 aromatic carbocycles. The summed E-state index contributed by atoms with van der Waals surface area (Å²) in [5.41, 5.74) is 8.24. The molecule has 0 atom stereocenters. The summed E-state index contributed by atoms with van der Waals surface area (Å²) in [6, 6.07) is 14.7. The van der Waals surface area contributed by atoms with Crippen LogP contribution in [-0.2, 0) is 16.4 Å². The number of nitrogen functional groups attached to an aromatic ring is 1. The van der Waals surface area contributed by atoms with Crippen molar-refractivity contribution >= 4 is 21.2 Å². The lowest BCUT2D eigenvalue weighted by Crippen LogP contribution is -2.19. The standard InChI is InChI=1S/C16H20N2O2S/c1-3-21(19,20)16-10-5-4-9-15(16)18(2)12-13-7-6-8-14(17)11-13/h4-11H,3,12,17H2,1-2H3. The molecule has 0 saturated heterocycles. The molecule has 0 aromatic heterocycles. The van der Waals surface area contributed by atoms with Gasteiger partial charge in [0.2, 0.25) is 0 Å². The summed E-state index contributed by atoms with van der Waals surface area (Å²) in [4.78, 5) is 2.30. The fourth-order valence-electron chi connectivity index (χ4n) is 2.24. The van der Waals surface area contributed by atoms with Crippen LogP contribution in [0.1, 0.15) is 12.5 Å². The molecule has 0 fully saturated rings. The monoisotopic (exact) mass is 304 g/mol. The Hall–Kier alpha value is -2.01. The third kappa shape index (κ3) is 3.55. The van der Waals surface area contributed by atoms with Gasteiger partial charge in [-0.2, -0.15) is 0 Å². The van der Waals surface area contributed by atoms with Gasteiger partial charge >= 0.3 is 0 Å². The van der Waals surface area contributed by atoms with Crippen LogP contribution in [-0.4, -0.2) is 21.2 Å². The molecule has 0 amide bonds. The van der Waals surface area contributed by atoms with Crippen molar-refractivity contribution in [3.05, 3.63) is 54.1 Å². The number of rotatable bonds is 5. The van der Waals surface area contributed by atoms with Crippen LogP contribution in [0.15, 0.2) is 53.4 Å². The summed E-state index contributed by atoms with van der Waals surface area (Å²) in [6.07, 6.45) is 0. The summed E-state index contributed by atoms with van der Waals surface area (Å²) in [5.74, 6) is 0.0934. The average Bonchev–Trinajstić information content (AvgIpc) is 2.47. The zero-order valence-electron chi connectivity index (χ0n) is 12.3. The molecule has 0 heterocycles. The number of nitrogens with two attached hydrogens (primary N) is 1. The lowest BCUT2D eigenvalue weighted by Gasteiger charge is -2.22. The van der Waals surface area contributed by atoms with E-state index in [2.05, 4.69) is 0 Å². The Bertz CT molecular complexity index is 727. The van der Waals surface area contributed by atoms with Crippen LogP contribution in [0.4, 0.5) is 11.4 Å². The first-order valence-corrected chi connectivity index (χ1v) is 8.46. The van der Waals surface area contributed by atoms with Crippen LogP contribution in [0.5, 0.6) is 0 Å². The van der Waals surface area contributed by atoms with Crippen LogP contribution >= 0.6 is 0 Å². The Balaban J connectivity index is 2.34. The van der Waals surface area contributed by atoms with E-state index in [4.69, 9.17) is 5.73 Å². The van der Waals surface area contributed by atoms with E-state index < -0.39 is 9.84 Å². The molecular formula is C16H20N2O2S. The Morgan fingerprint density at radius 3 is 2.48 bits per heavy atom. The van der Waals surface area contributed by atoms with E-state index in [0.29, 0.717) is 22.8 Å². The first kappa shape index (κ1) is 15.4. The average molecular weight is 304 g/mol. The van der Waals surface area contributed by atoms with Gasteiger partial charge in [-0.15, -0.1) is 0 Å². The number of anilines is 2. The number of nitrogens with zero attached hydrogens (tertiary/aromatic N) is 1. The molecule has 2 aromatic rings. The van der Waals surface area contributed by atoms with Crippen LogP contribution in [0.25, 0.3) is 0 Å². The summed E-state index contributed by atoms with van der Waals surface area (Å²) in [7, 11) is -1.36. The van der Waals surface area contributed by atoms with Crippen LogP contribution < -0.4 is 10.6 Å². The molecule has 2 rings (SSSR count). The van der Waals surface area contributed by atoms with Crippen LogP contribution in [0.3, 0.4) is 0 Å².